The van der Waals surface area contributed by atoms with E-state index in [-0.39, 0.29) is 23.8 Å². The fourth-order valence-corrected chi connectivity index (χ4v) is 2.60. The van der Waals surface area contributed by atoms with Crippen LogP contribution >= 0.6 is 0 Å². The third kappa shape index (κ3) is 6.35. The number of nitrogens with one attached hydrogen (secondary N) is 2. The predicted octanol–water partition coefficient (Wildman–Crippen LogP) is 3.49. The monoisotopic (exact) mass is 348 g/mol. The molecule has 1 saturated heterocycles. The molecule has 0 radical (unpaired) electrons. The maximum Gasteiger partial charge on any atom is 0.422 e. The first-order valence-electron chi connectivity index (χ1n) is 7.83. The minimum absolute atomic E-state index is 0.0884. The molecule has 1 aromatic carbocycles. The van der Waals surface area contributed by atoms with Crippen LogP contribution in [0.2, 0.25) is 0 Å². The number of alkyl halides is 3. The van der Waals surface area contributed by atoms with Crippen molar-refractivity contribution in [2.24, 2.45) is 5.92 Å². The van der Waals surface area contributed by atoms with Crippen LogP contribution in [0.25, 0.3) is 0 Å². The van der Waals surface area contributed by atoms with Gasteiger partial charge in [0.1, 0.15) is 11.6 Å². The summed E-state index contributed by atoms with van der Waals surface area (Å²) < 4.78 is 54.7. The molecule has 4 nitrogen and oxygen atoms in total. The van der Waals surface area contributed by atoms with Gasteiger partial charge in [0.25, 0.3) is 0 Å². The van der Waals surface area contributed by atoms with Gasteiger partial charge in [0.05, 0.1) is 5.69 Å². The highest BCUT2D eigenvalue weighted by Gasteiger charge is 2.29. The molecule has 0 bridgehead atoms. The number of ether oxygens (including phenoxy) is 1. The lowest BCUT2D eigenvalue weighted by Crippen LogP contribution is -2.28. The first kappa shape index (κ1) is 18.5. The minimum Gasteiger partial charge on any atom is -0.482 e. The summed E-state index contributed by atoms with van der Waals surface area (Å²) in [5, 5.41) is 5.67. The molecule has 0 aliphatic carbocycles. The molecule has 0 saturated carbocycles. The van der Waals surface area contributed by atoms with E-state index in [2.05, 4.69) is 15.4 Å². The molecule has 0 unspecified atom stereocenters. The van der Waals surface area contributed by atoms with Crippen LogP contribution in [-0.4, -0.2) is 31.8 Å². The van der Waals surface area contributed by atoms with E-state index in [9.17, 15) is 22.4 Å². The number of hydrogen-bond donors (Lipinski definition) is 2. The van der Waals surface area contributed by atoms with E-state index in [1.54, 1.807) is 0 Å². The summed E-state index contributed by atoms with van der Waals surface area (Å²) in [5.41, 5.74) is -0.0884. The second kappa shape index (κ2) is 8.32. The van der Waals surface area contributed by atoms with Gasteiger partial charge in [-0.25, -0.2) is 4.39 Å². The van der Waals surface area contributed by atoms with E-state index in [0.717, 1.165) is 44.1 Å². The van der Waals surface area contributed by atoms with Crippen molar-refractivity contribution in [1.82, 2.24) is 5.32 Å². The number of carbonyl (C=O) groups is 1. The highest BCUT2D eigenvalue weighted by atomic mass is 19.4. The molecule has 1 aliphatic heterocycles. The summed E-state index contributed by atoms with van der Waals surface area (Å²) in [6.07, 6.45) is -1.59. The lowest BCUT2D eigenvalue weighted by Gasteiger charge is -2.22. The Hall–Kier alpha value is -1.83. The second-order valence-corrected chi connectivity index (χ2v) is 5.82. The highest BCUT2D eigenvalue weighted by molar-refractivity contribution is 5.92. The van der Waals surface area contributed by atoms with Crippen molar-refractivity contribution in [3.05, 3.63) is 24.0 Å². The van der Waals surface area contributed by atoms with E-state index < -0.39 is 18.6 Å². The molecule has 134 valence electrons. The zero-order valence-corrected chi connectivity index (χ0v) is 13.1. The molecule has 1 aromatic rings. The molecule has 2 rings (SSSR count). The molecule has 0 aromatic heterocycles. The van der Waals surface area contributed by atoms with Crippen LogP contribution in [0.4, 0.5) is 23.2 Å². The van der Waals surface area contributed by atoms with Gasteiger partial charge in [-0.05, 0) is 50.4 Å². The third-order valence-corrected chi connectivity index (χ3v) is 3.85. The van der Waals surface area contributed by atoms with E-state index in [0.29, 0.717) is 12.3 Å². The van der Waals surface area contributed by atoms with E-state index in [1.807, 2.05) is 0 Å². The Kier molecular flexibility index (Phi) is 6.42. The lowest BCUT2D eigenvalue weighted by atomic mass is 9.93. The van der Waals surface area contributed by atoms with E-state index in [4.69, 9.17) is 0 Å². The van der Waals surface area contributed by atoms with Gasteiger partial charge in [-0.1, -0.05) is 0 Å². The Balaban J connectivity index is 1.91. The molecule has 8 heteroatoms. The Morgan fingerprint density at radius 2 is 2.00 bits per heavy atom. The van der Waals surface area contributed by atoms with Gasteiger partial charge in [-0.2, -0.15) is 13.2 Å². The molecular formula is C16H20F4N2O2. The number of rotatable bonds is 6. The average Bonchev–Trinajstić information content (AvgIpc) is 2.52. The third-order valence-electron chi connectivity index (χ3n) is 3.85. The van der Waals surface area contributed by atoms with Crippen molar-refractivity contribution in [1.29, 1.82) is 0 Å². The van der Waals surface area contributed by atoms with Crippen LogP contribution in [0.1, 0.15) is 25.7 Å². The van der Waals surface area contributed by atoms with Crippen LogP contribution in [0.3, 0.4) is 0 Å². The number of halogens is 4. The number of benzene rings is 1. The maximum atomic E-state index is 13.3. The van der Waals surface area contributed by atoms with Gasteiger partial charge in [0.2, 0.25) is 5.91 Å². The molecule has 0 spiro atoms. The Morgan fingerprint density at radius 1 is 1.29 bits per heavy atom. The smallest absolute Gasteiger partial charge is 0.422 e. The zero-order chi connectivity index (χ0) is 17.6. The van der Waals surface area contributed by atoms with Gasteiger partial charge in [0.15, 0.2) is 6.61 Å². The number of anilines is 1. The number of hydrogen-bond acceptors (Lipinski definition) is 3. The molecule has 1 aliphatic rings. The fourth-order valence-electron chi connectivity index (χ4n) is 2.60. The molecule has 1 amide bonds. The molecular weight excluding hydrogens is 328 g/mol. The Labute approximate surface area is 137 Å². The van der Waals surface area contributed by atoms with Crippen molar-refractivity contribution < 1.29 is 27.1 Å². The fraction of sp³-hybridized carbons (Fsp3) is 0.562. The standard InChI is InChI=1S/C16H20F4N2O2/c17-12-2-3-14(24-10-16(18,19)20)13(9-12)22-15(23)4-1-11-5-7-21-8-6-11/h2-3,9,11,21H,1,4-8,10H2,(H,22,23). The zero-order valence-electron chi connectivity index (χ0n) is 13.1. The number of amides is 1. The van der Waals surface area contributed by atoms with Crippen LogP contribution in [0.15, 0.2) is 18.2 Å². The van der Waals surface area contributed by atoms with Crippen LogP contribution < -0.4 is 15.4 Å². The van der Waals surface area contributed by atoms with Crippen molar-refractivity contribution in [2.45, 2.75) is 31.9 Å². The summed E-state index contributed by atoms with van der Waals surface area (Å²) in [6.45, 7) is 0.341. The van der Waals surface area contributed by atoms with Crippen molar-refractivity contribution in [3.8, 4) is 5.75 Å². The van der Waals surface area contributed by atoms with Gasteiger partial charge >= 0.3 is 6.18 Å². The normalized spacial score (nSPS) is 16.0. The largest absolute Gasteiger partial charge is 0.482 e. The summed E-state index contributed by atoms with van der Waals surface area (Å²) in [6, 6.07) is 3.01. The summed E-state index contributed by atoms with van der Waals surface area (Å²) in [4.78, 5) is 12.0. The van der Waals surface area contributed by atoms with Crippen LogP contribution in [0.5, 0.6) is 5.75 Å². The molecule has 0 atom stereocenters. The van der Waals surface area contributed by atoms with E-state index in [1.165, 1.54) is 0 Å². The Bertz CT molecular complexity index is 557. The predicted molar refractivity (Wildman–Crippen MR) is 81.4 cm³/mol. The van der Waals surface area contributed by atoms with Crippen molar-refractivity contribution in [3.63, 3.8) is 0 Å². The SMILES string of the molecule is O=C(CCC1CCNCC1)Nc1cc(F)ccc1OCC(F)(F)F. The molecule has 2 N–H and O–H groups in total. The minimum atomic E-state index is -4.51. The maximum absolute atomic E-state index is 13.3. The van der Waals surface area contributed by atoms with Crippen LogP contribution in [0, 0.1) is 11.7 Å². The van der Waals surface area contributed by atoms with Gasteiger partial charge in [-0.15, -0.1) is 0 Å². The number of piperidine rings is 1. The Morgan fingerprint density at radius 3 is 2.67 bits per heavy atom. The number of carbonyl (C=O) groups excluding carboxylic acids is 1. The molecule has 1 fully saturated rings. The van der Waals surface area contributed by atoms with Crippen molar-refractivity contribution >= 4 is 11.6 Å². The highest BCUT2D eigenvalue weighted by Crippen LogP contribution is 2.28. The summed E-state index contributed by atoms with van der Waals surface area (Å²) in [5.74, 6) is -0.784. The summed E-state index contributed by atoms with van der Waals surface area (Å²) >= 11 is 0. The first-order chi connectivity index (χ1) is 11.3. The first-order valence-corrected chi connectivity index (χ1v) is 7.83. The quantitative estimate of drug-likeness (QED) is 0.774. The van der Waals surface area contributed by atoms with Gasteiger partial charge in [-0.3, -0.25) is 4.79 Å². The van der Waals surface area contributed by atoms with Crippen LogP contribution in [-0.2, 0) is 4.79 Å². The van der Waals surface area contributed by atoms with Gasteiger partial charge in [0, 0.05) is 12.5 Å². The second-order valence-electron chi connectivity index (χ2n) is 5.82. The summed E-state index contributed by atoms with van der Waals surface area (Å²) in [7, 11) is 0. The molecule has 1 heterocycles. The van der Waals surface area contributed by atoms with Crippen molar-refractivity contribution in [2.75, 3.05) is 25.0 Å². The topological polar surface area (TPSA) is 50.4 Å². The molecule has 24 heavy (non-hydrogen) atoms. The van der Waals surface area contributed by atoms with E-state index >= 15 is 0 Å². The average molecular weight is 348 g/mol. The lowest BCUT2D eigenvalue weighted by molar-refractivity contribution is -0.153. The van der Waals surface area contributed by atoms with Gasteiger partial charge < -0.3 is 15.4 Å².